The summed E-state index contributed by atoms with van der Waals surface area (Å²) in [5.74, 6) is -0.123. The first-order chi connectivity index (χ1) is 11.5. The molecule has 1 heterocycles. The Hall–Kier alpha value is -2.06. The quantitative estimate of drug-likeness (QED) is 0.800. The molecule has 0 aliphatic carbocycles. The van der Waals surface area contributed by atoms with Gasteiger partial charge in [0.25, 0.3) is 5.24 Å². The first kappa shape index (κ1) is 18.3. The van der Waals surface area contributed by atoms with E-state index in [1.807, 2.05) is 0 Å². The largest absolute Gasteiger partial charge is 0.497 e. The highest BCUT2D eigenvalue weighted by Gasteiger charge is 2.42. The topological polar surface area (TPSA) is 87.2 Å². The molecule has 1 N–H and O–H groups in total. The van der Waals surface area contributed by atoms with Gasteiger partial charge in [-0.05, 0) is 30.8 Å². The van der Waals surface area contributed by atoms with Gasteiger partial charge in [-0.25, -0.2) is 4.90 Å². The molecule has 24 heavy (non-hydrogen) atoms. The van der Waals surface area contributed by atoms with Gasteiger partial charge in [0.15, 0.2) is 0 Å². The summed E-state index contributed by atoms with van der Waals surface area (Å²) in [6.45, 7) is 2.32. The number of anilines is 1. The molecule has 130 valence electrons. The molecular weight excluding hydrogens is 332 g/mol. The van der Waals surface area contributed by atoms with Crippen LogP contribution in [-0.4, -0.2) is 59.1 Å². The molecule has 1 aliphatic rings. The normalized spacial score (nSPS) is 17.3. The van der Waals surface area contributed by atoms with Crippen LogP contribution in [0.25, 0.3) is 0 Å². The first-order valence-corrected chi connectivity index (χ1v) is 8.47. The van der Waals surface area contributed by atoms with Gasteiger partial charge in [-0.2, -0.15) is 0 Å². The monoisotopic (exact) mass is 352 g/mol. The zero-order chi connectivity index (χ0) is 17.7. The zero-order valence-corrected chi connectivity index (χ0v) is 14.4. The number of carbonyl (C=O) groups excluding carboxylic acids is 3. The highest BCUT2D eigenvalue weighted by Crippen LogP contribution is 2.34. The van der Waals surface area contributed by atoms with Crippen molar-refractivity contribution < 1.29 is 24.2 Å². The van der Waals surface area contributed by atoms with E-state index < -0.39 is 16.4 Å². The number of amides is 3. The molecule has 8 heteroatoms. The van der Waals surface area contributed by atoms with Crippen molar-refractivity contribution >= 4 is 34.5 Å². The van der Waals surface area contributed by atoms with E-state index in [0.29, 0.717) is 18.0 Å². The van der Waals surface area contributed by atoms with E-state index in [2.05, 4.69) is 0 Å². The van der Waals surface area contributed by atoms with Gasteiger partial charge in [0.1, 0.15) is 11.0 Å². The van der Waals surface area contributed by atoms with Crippen LogP contribution in [-0.2, 0) is 9.59 Å². The van der Waals surface area contributed by atoms with Crippen molar-refractivity contribution in [2.24, 2.45) is 0 Å². The number of rotatable bonds is 7. The second-order valence-corrected chi connectivity index (χ2v) is 6.30. The van der Waals surface area contributed by atoms with Crippen molar-refractivity contribution in [3.05, 3.63) is 24.3 Å². The number of thioether (sulfide) groups is 1. The summed E-state index contributed by atoms with van der Waals surface area (Å²) >= 11 is 0.851. The summed E-state index contributed by atoms with van der Waals surface area (Å²) in [6.07, 6.45) is -0.0659. The molecular formula is C16H20N2O5S. The molecule has 0 bridgehead atoms. The van der Waals surface area contributed by atoms with Gasteiger partial charge < -0.3 is 14.7 Å². The smallest absolute Gasteiger partial charge is 0.293 e. The van der Waals surface area contributed by atoms with Gasteiger partial charge in [0.05, 0.1) is 19.4 Å². The number of carbonyl (C=O) groups is 3. The van der Waals surface area contributed by atoms with Crippen LogP contribution in [0.1, 0.15) is 13.3 Å². The molecule has 1 unspecified atom stereocenters. The maximum absolute atomic E-state index is 12.5. The van der Waals surface area contributed by atoms with E-state index in [4.69, 9.17) is 9.84 Å². The highest BCUT2D eigenvalue weighted by molar-refractivity contribution is 8.15. The molecule has 0 aromatic heterocycles. The zero-order valence-electron chi connectivity index (χ0n) is 13.6. The van der Waals surface area contributed by atoms with Gasteiger partial charge in [-0.3, -0.25) is 14.4 Å². The number of nitrogens with zero attached hydrogens (tertiary/aromatic N) is 2. The fourth-order valence-electron chi connectivity index (χ4n) is 2.44. The molecule has 2 rings (SSSR count). The van der Waals surface area contributed by atoms with Crippen LogP contribution in [0.2, 0.25) is 0 Å². The third-order valence-corrected chi connectivity index (χ3v) is 4.73. The first-order valence-electron chi connectivity index (χ1n) is 7.59. The molecule has 3 amide bonds. The molecule has 1 fully saturated rings. The summed E-state index contributed by atoms with van der Waals surface area (Å²) in [6, 6.07) is 6.66. The molecule has 0 saturated carbocycles. The second kappa shape index (κ2) is 8.16. The fraction of sp³-hybridized carbons (Fsp3) is 0.438. The van der Waals surface area contributed by atoms with Crippen LogP contribution in [0.3, 0.4) is 0 Å². The lowest BCUT2D eigenvalue weighted by Gasteiger charge is -2.20. The lowest BCUT2D eigenvalue weighted by atomic mass is 10.2. The van der Waals surface area contributed by atoms with Crippen LogP contribution >= 0.6 is 11.8 Å². The number of hydrogen-bond acceptors (Lipinski definition) is 6. The number of aliphatic hydroxyl groups excluding tert-OH is 1. The van der Waals surface area contributed by atoms with Gasteiger partial charge in [-0.15, -0.1) is 0 Å². The molecule has 1 aromatic rings. The molecule has 1 aromatic carbocycles. The van der Waals surface area contributed by atoms with E-state index in [0.717, 1.165) is 16.7 Å². The van der Waals surface area contributed by atoms with Crippen molar-refractivity contribution in [2.75, 3.05) is 31.7 Å². The number of methoxy groups -OCH3 is 1. The van der Waals surface area contributed by atoms with Crippen molar-refractivity contribution in [1.29, 1.82) is 0 Å². The Morgan fingerprint density at radius 1 is 1.42 bits per heavy atom. The third kappa shape index (κ3) is 3.88. The van der Waals surface area contributed by atoms with Crippen molar-refractivity contribution in [1.82, 2.24) is 4.90 Å². The molecule has 0 spiro atoms. The Balaban J connectivity index is 2.12. The molecule has 7 nitrogen and oxygen atoms in total. The predicted octanol–water partition coefficient (Wildman–Crippen LogP) is 1.49. The maximum Gasteiger partial charge on any atom is 0.293 e. The minimum atomic E-state index is -0.746. The average Bonchev–Trinajstić information content (AvgIpc) is 2.86. The summed E-state index contributed by atoms with van der Waals surface area (Å²) in [7, 11) is 1.50. The number of aliphatic hydroxyl groups is 1. The Bertz CT molecular complexity index is 637. The number of ether oxygens (including phenoxy) is 1. The second-order valence-electron chi connectivity index (χ2n) is 5.15. The van der Waals surface area contributed by atoms with Crippen LogP contribution in [0, 0.1) is 0 Å². The van der Waals surface area contributed by atoms with Crippen LogP contribution < -0.4 is 9.64 Å². The van der Waals surface area contributed by atoms with E-state index in [-0.39, 0.29) is 25.5 Å². The summed E-state index contributed by atoms with van der Waals surface area (Å²) in [5.41, 5.74) is 0.425. The van der Waals surface area contributed by atoms with Crippen LogP contribution in [0.15, 0.2) is 24.3 Å². The van der Waals surface area contributed by atoms with Gasteiger partial charge in [0, 0.05) is 25.6 Å². The van der Waals surface area contributed by atoms with Gasteiger partial charge in [0.2, 0.25) is 11.8 Å². The number of benzene rings is 1. The lowest BCUT2D eigenvalue weighted by Crippen LogP contribution is -2.37. The lowest BCUT2D eigenvalue weighted by molar-refractivity contribution is -0.133. The molecule has 1 saturated heterocycles. The van der Waals surface area contributed by atoms with Crippen LogP contribution in [0.4, 0.5) is 10.5 Å². The standard InChI is InChI=1S/C16H20N2O5S/c1-3-17(7-8-19)14(20)10-13-15(21)18(16(22)24-13)11-5-4-6-12(9-11)23-2/h4-6,9,13,19H,3,7-8,10H2,1-2H3. The third-order valence-electron chi connectivity index (χ3n) is 3.70. The fourth-order valence-corrected chi connectivity index (χ4v) is 3.41. The number of likely N-dealkylation sites (N-methyl/N-ethyl adjacent to an activating group) is 1. The minimum absolute atomic E-state index is 0.0659. The number of hydrogen-bond donors (Lipinski definition) is 1. The van der Waals surface area contributed by atoms with Gasteiger partial charge >= 0.3 is 0 Å². The Labute approximate surface area is 144 Å². The Morgan fingerprint density at radius 3 is 2.79 bits per heavy atom. The van der Waals surface area contributed by atoms with Crippen LogP contribution in [0.5, 0.6) is 5.75 Å². The SMILES string of the molecule is CCN(CCO)C(=O)CC1SC(=O)N(c2cccc(OC)c2)C1=O. The van der Waals surface area contributed by atoms with E-state index in [9.17, 15) is 14.4 Å². The molecule has 1 aliphatic heterocycles. The highest BCUT2D eigenvalue weighted by atomic mass is 32.2. The summed E-state index contributed by atoms with van der Waals surface area (Å²) in [5, 5.41) is 7.82. The summed E-state index contributed by atoms with van der Waals surface area (Å²) in [4.78, 5) is 39.5. The Morgan fingerprint density at radius 2 is 2.17 bits per heavy atom. The maximum atomic E-state index is 12.5. The van der Waals surface area contributed by atoms with Crippen molar-refractivity contribution in [2.45, 2.75) is 18.6 Å². The van der Waals surface area contributed by atoms with Crippen molar-refractivity contribution in [3.63, 3.8) is 0 Å². The van der Waals surface area contributed by atoms with Gasteiger partial charge in [-0.1, -0.05) is 6.07 Å². The predicted molar refractivity (Wildman–Crippen MR) is 91.2 cm³/mol. The average molecular weight is 352 g/mol. The molecule has 0 radical (unpaired) electrons. The summed E-state index contributed by atoms with van der Waals surface area (Å²) < 4.78 is 5.11. The van der Waals surface area contributed by atoms with E-state index >= 15 is 0 Å². The minimum Gasteiger partial charge on any atom is -0.497 e. The van der Waals surface area contributed by atoms with E-state index in [1.165, 1.54) is 12.0 Å². The van der Waals surface area contributed by atoms with Crippen molar-refractivity contribution in [3.8, 4) is 5.75 Å². The van der Waals surface area contributed by atoms with E-state index in [1.54, 1.807) is 31.2 Å². The molecule has 1 atom stereocenters. The Kier molecular flexibility index (Phi) is 6.22. The number of imide groups is 1.